The predicted octanol–water partition coefficient (Wildman–Crippen LogP) is 0.520. The minimum absolute atomic E-state index is 0.833. The number of aromatic nitrogens is 1. The average molecular weight is 237 g/mol. The molecule has 15 heavy (non-hydrogen) atoms. The highest BCUT2D eigenvalue weighted by Crippen LogP contribution is 1.73. The van der Waals surface area contributed by atoms with Gasteiger partial charge in [0.15, 0.2) is 0 Å². The van der Waals surface area contributed by atoms with E-state index in [1.165, 1.54) is 0 Å². The summed E-state index contributed by atoms with van der Waals surface area (Å²) < 4.78 is 31.6. The lowest BCUT2D eigenvalue weighted by molar-refractivity contribution is -0.134. The number of rotatable bonds is 0. The molecule has 1 aromatic heterocycles. The van der Waals surface area contributed by atoms with Gasteiger partial charge in [-0.1, -0.05) is 6.07 Å². The van der Waals surface area contributed by atoms with E-state index < -0.39 is 16.4 Å². The minimum atomic E-state index is -4.67. The van der Waals surface area contributed by atoms with Crippen molar-refractivity contribution in [1.29, 1.82) is 0 Å². The molecule has 0 radical (unpaired) electrons. The molecule has 0 aliphatic rings. The number of pyridine rings is 1. The number of aliphatic carboxylic acids is 1. The second kappa shape index (κ2) is 9.06. The number of nitrogens with zero attached hydrogens (tertiary/aromatic N) is 1. The molecule has 0 bridgehead atoms. The largest absolute Gasteiger partial charge is 0.481 e. The Bertz CT molecular complexity index is 310. The van der Waals surface area contributed by atoms with Crippen molar-refractivity contribution in [3.05, 3.63) is 30.6 Å². The molecule has 0 aliphatic heterocycles. The molecule has 0 saturated heterocycles. The van der Waals surface area contributed by atoms with Crippen molar-refractivity contribution in [3.63, 3.8) is 0 Å². The molecule has 7 nitrogen and oxygen atoms in total. The third-order valence-electron chi connectivity index (χ3n) is 0.566. The van der Waals surface area contributed by atoms with Gasteiger partial charge in [0.1, 0.15) is 0 Å². The molecule has 1 heterocycles. The van der Waals surface area contributed by atoms with Crippen molar-refractivity contribution < 1.29 is 27.4 Å². The quantitative estimate of drug-likeness (QED) is 0.561. The number of carbonyl (C=O) groups is 1. The van der Waals surface area contributed by atoms with E-state index in [1.807, 2.05) is 18.2 Å². The zero-order valence-corrected chi connectivity index (χ0v) is 8.63. The second-order valence-corrected chi connectivity index (χ2v) is 2.89. The van der Waals surface area contributed by atoms with Gasteiger partial charge in [0.25, 0.3) is 5.97 Å². The molecular weight excluding hydrogens is 226 g/mol. The van der Waals surface area contributed by atoms with Crippen LogP contribution in [0.5, 0.6) is 0 Å². The zero-order valence-electron chi connectivity index (χ0n) is 7.81. The van der Waals surface area contributed by atoms with Gasteiger partial charge in [-0.2, -0.15) is 8.42 Å². The number of carboxylic acids is 1. The van der Waals surface area contributed by atoms with Crippen LogP contribution in [0.25, 0.3) is 0 Å². The topological polar surface area (TPSA) is 125 Å². The lowest BCUT2D eigenvalue weighted by atomic mass is 10.5. The van der Waals surface area contributed by atoms with Crippen LogP contribution in [0.3, 0.4) is 0 Å². The number of carboxylic acid groups (broad SMARTS) is 1. The zero-order chi connectivity index (χ0) is 12.3. The summed E-state index contributed by atoms with van der Waals surface area (Å²) in [5.74, 6) is -0.833. The Balaban J connectivity index is 0. The summed E-state index contributed by atoms with van der Waals surface area (Å²) >= 11 is 0. The van der Waals surface area contributed by atoms with Crippen molar-refractivity contribution >= 4 is 16.4 Å². The van der Waals surface area contributed by atoms with Crippen molar-refractivity contribution in [2.75, 3.05) is 0 Å². The van der Waals surface area contributed by atoms with E-state index in [2.05, 4.69) is 4.98 Å². The summed E-state index contributed by atoms with van der Waals surface area (Å²) in [4.78, 5) is 12.8. The first-order valence-corrected chi connectivity index (χ1v) is 4.87. The third kappa shape index (κ3) is 68.2. The van der Waals surface area contributed by atoms with Gasteiger partial charge in [-0.3, -0.25) is 18.9 Å². The van der Waals surface area contributed by atoms with Crippen LogP contribution in [0.1, 0.15) is 6.92 Å². The fraction of sp³-hybridized carbons (Fsp3) is 0.143. The lowest BCUT2D eigenvalue weighted by Gasteiger charge is -1.70. The average Bonchev–Trinajstić information content (AvgIpc) is 2.03. The van der Waals surface area contributed by atoms with Gasteiger partial charge in [0, 0.05) is 19.3 Å². The molecule has 0 unspecified atom stereocenters. The first-order valence-electron chi connectivity index (χ1n) is 3.48. The standard InChI is InChI=1S/C5H5N.C2H4O2.H2O4S/c1-2-4-6-5-3-1;1-2(3)4;1-5(2,3)4/h1-5H;1H3,(H,3,4);(H2,1,2,3,4). The van der Waals surface area contributed by atoms with Gasteiger partial charge in [-0.15, -0.1) is 0 Å². The Labute approximate surface area is 87.0 Å². The van der Waals surface area contributed by atoms with E-state index >= 15 is 0 Å². The van der Waals surface area contributed by atoms with Crippen molar-refractivity contribution in [1.82, 2.24) is 4.98 Å². The van der Waals surface area contributed by atoms with Gasteiger partial charge >= 0.3 is 10.4 Å². The molecule has 0 amide bonds. The van der Waals surface area contributed by atoms with Crippen LogP contribution in [0.15, 0.2) is 30.6 Å². The van der Waals surface area contributed by atoms with Crippen LogP contribution in [0, 0.1) is 0 Å². The highest BCUT2D eigenvalue weighted by Gasteiger charge is 1.84. The molecular formula is C7H11NO6S. The van der Waals surface area contributed by atoms with Crippen LogP contribution in [0.4, 0.5) is 0 Å². The SMILES string of the molecule is CC(=O)O.O=S(=O)(O)O.c1ccncc1. The van der Waals surface area contributed by atoms with Crippen LogP contribution >= 0.6 is 0 Å². The van der Waals surface area contributed by atoms with Gasteiger partial charge in [0.05, 0.1) is 0 Å². The molecule has 0 atom stereocenters. The summed E-state index contributed by atoms with van der Waals surface area (Å²) in [6.45, 7) is 1.08. The first kappa shape index (κ1) is 15.9. The molecule has 3 N–H and O–H groups in total. The second-order valence-electron chi connectivity index (χ2n) is 1.99. The Hall–Kier alpha value is -1.51. The monoisotopic (exact) mass is 237 g/mol. The molecule has 0 aliphatic carbocycles. The van der Waals surface area contributed by atoms with Gasteiger partial charge < -0.3 is 5.11 Å². The smallest absolute Gasteiger partial charge is 0.394 e. The van der Waals surface area contributed by atoms with E-state index in [0.29, 0.717) is 0 Å². The van der Waals surface area contributed by atoms with Crippen LogP contribution < -0.4 is 0 Å². The highest BCUT2D eigenvalue weighted by molar-refractivity contribution is 7.79. The lowest BCUT2D eigenvalue weighted by Crippen LogP contribution is -1.89. The first-order chi connectivity index (χ1) is 6.73. The summed E-state index contributed by atoms with van der Waals surface area (Å²) in [7, 11) is -4.67. The normalized spacial score (nSPS) is 8.73. The fourth-order valence-corrected chi connectivity index (χ4v) is 0.313. The molecule has 0 saturated carbocycles. The van der Waals surface area contributed by atoms with E-state index in [9.17, 15) is 0 Å². The number of hydrogen-bond donors (Lipinski definition) is 3. The maximum absolute atomic E-state index is 9.00. The van der Waals surface area contributed by atoms with Gasteiger partial charge in [-0.25, -0.2) is 0 Å². The molecule has 86 valence electrons. The predicted molar refractivity (Wildman–Crippen MR) is 51.7 cm³/mol. The van der Waals surface area contributed by atoms with E-state index in [1.54, 1.807) is 12.4 Å². The molecule has 0 fully saturated rings. The Morgan fingerprint density at radius 2 is 1.40 bits per heavy atom. The van der Waals surface area contributed by atoms with E-state index in [0.717, 1.165) is 6.92 Å². The summed E-state index contributed by atoms with van der Waals surface area (Å²) in [5, 5.41) is 7.42. The van der Waals surface area contributed by atoms with Crippen LogP contribution in [-0.2, 0) is 15.2 Å². The van der Waals surface area contributed by atoms with Crippen molar-refractivity contribution in [2.24, 2.45) is 0 Å². The summed E-state index contributed by atoms with van der Waals surface area (Å²) in [6, 6.07) is 5.72. The minimum Gasteiger partial charge on any atom is -0.481 e. The molecule has 0 spiro atoms. The third-order valence-corrected chi connectivity index (χ3v) is 0.566. The number of hydrogen-bond acceptors (Lipinski definition) is 4. The summed E-state index contributed by atoms with van der Waals surface area (Å²) in [5.41, 5.74) is 0. The van der Waals surface area contributed by atoms with E-state index in [-0.39, 0.29) is 0 Å². The maximum Gasteiger partial charge on any atom is 0.394 e. The molecule has 1 rings (SSSR count). The molecule has 0 aromatic carbocycles. The molecule has 1 aromatic rings. The summed E-state index contributed by atoms with van der Waals surface area (Å²) in [6.07, 6.45) is 3.50. The Morgan fingerprint density at radius 1 is 1.13 bits per heavy atom. The van der Waals surface area contributed by atoms with Gasteiger partial charge in [-0.05, 0) is 12.1 Å². The van der Waals surface area contributed by atoms with Gasteiger partial charge in [0.2, 0.25) is 0 Å². The van der Waals surface area contributed by atoms with Crippen LogP contribution in [-0.4, -0.2) is 33.6 Å². The Morgan fingerprint density at radius 3 is 1.47 bits per heavy atom. The molecule has 8 heteroatoms. The Kier molecular flexibility index (Phi) is 9.63. The van der Waals surface area contributed by atoms with Crippen molar-refractivity contribution in [3.8, 4) is 0 Å². The maximum atomic E-state index is 9.00. The van der Waals surface area contributed by atoms with Crippen molar-refractivity contribution in [2.45, 2.75) is 6.92 Å². The fourth-order valence-electron chi connectivity index (χ4n) is 0.313. The van der Waals surface area contributed by atoms with E-state index in [4.69, 9.17) is 27.4 Å². The highest BCUT2D eigenvalue weighted by atomic mass is 32.3. The van der Waals surface area contributed by atoms with Crippen LogP contribution in [0.2, 0.25) is 0 Å².